The molecule has 0 bridgehead atoms. The van der Waals surface area contributed by atoms with E-state index in [1.807, 2.05) is 0 Å². The molecule has 0 saturated carbocycles. The van der Waals surface area contributed by atoms with Gasteiger partial charge in [-0.1, -0.05) is 6.07 Å². The second-order valence-corrected chi connectivity index (χ2v) is 10.9. The zero-order chi connectivity index (χ0) is 29.6. The number of nitrogens with zero attached hydrogens (tertiary/aromatic N) is 2. The first-order valence-electron chi connectivity index (χ1n) is 13.0. The molecule has 2 aromatic rings. The summed E-state index contributed by atoms with van der Waals surface area (Å²) in [6.45, 7) is 3.30. The van der Waals surface area contributed by atoms with Crippen LogP contribution in [0.4, 0.5) is 35.5 Å². The van der Waals surface area contributed by atoms with Gasteiger partial charge in [0.2, 0.25) is 0 Å². The Balaban J connectivity index is 0.00000462. The van der Waals surface area contributed by atoms with E-state index < -0.39 is 47.4 Å². The van der Waals surface area contributed by atoms with Gasteiger partial charge in [-0.2, -0.15) is 26.3 Å². The topological polar surface area (TPSA) is 55.8 Å². The number of alkyl halides is 6. The number of hydrogen-bond acceptors (Lipinski definition) is 3. The Morgan fingerprint density at radius 2 is 1.71 bits per heavy atom. The van der Waals surface area contributed by atoms with Crippen molar-refractivity contribution >= 4 is 18.4 Å². The second kappa shape index (κ2) is 12.0. The minimum atomic E-state index is -5.01. The summed E-state index contributed by atoms with van der Waals surface area (Å²) in [5.74, 6) is -0.445. The predicted molar refractivity (Wildman–Crippen MR) is 141 cm³/mol. The lowest BCUT2D eigenvalue weighted by molar-refractivity contribution is -0.143. The predicted octanol–water partition coefficient (Wildman–Crippen LogP) is 7.03. The zero-order valence-corrected chi connectivity index (χ0v) is 23.6. The molecular formula is C28H33ClF7N3O2. The summed E-state index contributed by atoms with van der Waals surface area (Å²) in [4.78, 5) is 16.5. The molecule has 0 aromatic heterocycles. The van der Waals surface area contributed by atoms with Crippen molar-refractivity contribution in [2.75, 3.05) is 20.2 Å². The Bertz CT molecular complexity index is 1220. The summed E-state index contributed by atoms with van der Waals surface area (Å²) in [6.07, 6.45) is -7.53. The number of urea groups is 1. The van der Waals surface area contributed by atoms with Gasteiger partial charge in [-0.15, -0.1) is 12.4 Å². The fourth-order valence-electron chi connectivity index (χ4n) is 5.93. The zero-order valence-electron chi connectivity index (χ0n) is 22.7. The standard InChI is InChI=1S/C28H32F7N3O2.ClH/c1-16-10-21(29)4-5-23(16)24-14-26(7-6-22(15-39)36-26)8-9-38(24)25(40)37(3)17(2)18-11-19(27(30,31)32)13-20(12-18)28(33,34)35;/h4-5,10-13,17,22,24,36,39H,6-9,14-15H2,1-3H3;1H/t17-,22-,24-,26+;/m1./s1. The third-order valence-corrected chi connectivity index (χ3v) is 8.31. The van der Waals surface area contributed by atoms with E-state index in [0.717, 1.165) is 17.7 Å². The number of aryl methyl sites for hydroxylation is 1. The second-order valence-electron chi connectivity index (χ2n) is 10.9. The van der Waals surface area contributed by atoms with Crippen molar-refractivity contribution in [3.05, 3.63) is 70.0 Å². The molecule has 0 radical (unpaired) electrons. The number of aliphatic hydroxyl groups is 1. The lowest BCUT2D eigenvalue weighted by Gasteiger charge is -2.47. The van der Waals surface area contributed by atoms with Crippen LogP contribution in [0.1, 0.15) is 72.5 Å². The van der Waals surface area contributed by atoms with Crippen molar-refractivity contribution in [3.63, 3.8) is 0 Å². The van der Waals surface area contributed by atoms with Crippen molar-refractivity contribution in [1.29, 1.82) is 0 Å². The Kier molecular flexibility index (Phi) is 9.61. The first kappa shape index (κ1) is 32.9. The van der Waals surface area contributed by atoms with Crippen molar-refractivity contribution in [2.45, 2.75) is 75.5 Å². The van der Waals surface area contributed by atoms with Gasteiger partial charge in [0.1, 0.15) is 5.82 Å². The fraction of sp³-hybridized carbons (Fsp3) is 0.536. The minimum absolute atomic E-state index is 0. The highest BCUT2D eigenvalue weighted by atomic mass is 35.5. The van der Waals surface area contributed by atoms with E-state index in [9.17, 15) is 40.6 Å². The SMILES string of the molecule is Cc1cc(F)ccc1[C@H]1C[C@]2(CC[C@H](CO)N2)CCN1C(=O)N(C)[C@H](C)c1cc(C(F)(F)F)cc(C(F)(F)F)c1.Cl. The van der Waals surface area contributed by atoms with Crippen molar-refractivity contribution in [2.24, 2.45) is 0 Å². The van der Waals surface area contributed by atoms with Gasteiger partial charge >= 0.3 is 18.4 Å². The van der Waals surface area contributed by atoms with Crippen LogP contribution in [0, 0.1) is 12.7 Å². The lowest BCUT2D eigenvalue weighted by Crippen LogP contribution is -2.56. The maximum Gasteiger partial charge on any atom is 0.416 e. The van der Waals surface area contributed by atoms with Crippen LogP contribution in [0.25, 0.3) is 0 Å². The van der Waals surface area contributed by atoms with Crippen LogP contribution in [0.15, 0.2) is 36.4 Å². The quantitative estimate of drug-likeness (QED) is 0.365. The summed E-state index contributed by atoms with van der Waals surface area (Å²) < 4.78 is 94.6. The molecule has 0 aliphatic carbocycles. The number of rotatable bonds is 4. The number of hydrogen-bond donors (Lipinski definition) is 2. The normalized spacial score (nSPS) is 23.8. The number of carbonyl (C=O) groups is 1. The van der Waals surface area contributed by atoms with Gasteiger partial charge in [-0.25, -0.2) is 9.18 Å². The molecule has 2 saturated heterocycles. The largest absolute Gasteiger partial charge is 0.416 e. The minimum Gasteiger partial charge on any atom is -0.395 e. The molecule has 228 valence electrons. The van der Waals surface area contributed by atoms with Gasteiger partial charge in [0.25, 0.3) is 0 Å². The van der Waals surface area contributed by atoms with Crippen molar-refractivity contribution < 1.29 is 40.6 Å². The molecule has 2 heterocycles. The number of nitrogens with one attached hydrogen (secondary N) is 1. The number of halogens is 8. The van der Waals surface area contributed by atoms with E-state index in [-0.39, 0.29) is 48.8 Å². The van der Waals surface area contributed by atoms with Crippen LogP contribution in [-0.2, 0) is 12.4 Å². The van der Waals surface area contributed by atoms with Gasteiger partial charge in [0.15, 0.2) is 0 Å². The van der Waals surface area contributed by atoms with Gasteiger partial charge in [-0.05, 0) is 86.6 Å². The molecule has 2 aliphatic heterocycles. The first-order valence-corrected chi connectivity index (χ1v) is 13.0. The third kappa shape index (κ3) is 6.91. The number of aliphatic hydroxyl groups excluding tert-OH is 1. The summed E-state index contributed by atoms with van der Waals surface area (Å²) in [7, 11) is 1.34. The average Bonchev–Trinajstić information content (AvgIpc) is 3.28. The molecule has 41 heavy (non-hydrogen) atoms. The van der Waals surface area contributed by atoms with Crippen LogP contribution in [0.5, 0.6) is 0 Å². The maximum atomic E-state index is 13.9. The number of likely N-dealkylation sites (tertiary alicyclic amines) is 1. The monoisotopic (exact) mass is 611 g/mol. The average molecular weight is 612 g/mol. The molecular weight excluding hydrogens is 579 g/mol. The molecule has 2 fully saturated rings. The van der Waals surface area contributed by atoms with Crippen LogP contribution in [-0.4, -0.2) is 52.7 Å². The number of amides is 2. The molecule has 4 rings (SSSR count). The van der Waals surface area contributed by atoms with Gasteiger partial charge in [0, 0.05) is 25.2 Å². The molecule has 2 amide bonds. The summed E-state index contributed by atoms with van der Waals surface area (Å²) >= 11 is 0. The van der Waals surface area contributed by atoms with Crippen LogP contribution in [0.3, 0.4) is 0 Å². The first-order chi connectivity index (χ1) is 18.5. The molecule has 13 heteroatoms. The third-order valence-electron chi connectivity index (χ3n) is 8.31. The number of carbonyl (C=O) groups excluding carboxylic acids is 1. The number of piperidine rings is 1. The Morgan fingerprint density at radius 3 is 2.22 bits per heavy atom. The smallest absolute Gasteiger partial charge is 0.395 e. The highest BCUT2D eigenvalue weighted by molar-refractivity contribution is 5.85. The fourth-order valence-corrected chi connectivity index (χ4v) is 5.93. The Labute approximate surface area is 240 Å². The molecule has 5 nitrogen and oxygen atoms in total. The molecule has 2 aliphatic rings. The van der Waals surface area contributed by atoms with Gasteiger partial charge in [0.05, 0.1) is 29.8 Å². The lowest BCUT2D eigenvalue weighted by atomic mass is 9.79. The molecule has 4 atom stereocenters. The van der Waals surface area contributed by atoms with E-state index in [0.29, 0.717) is 36.1 Å². The highest BCUT2D eigenvalue weighted by Gasteiger charge is 2.47. The van der Waals surface area contributed by atoms with Crippen LogP contribution in [0.2, 0.25) is 0 Å². The molecule has 0 unspecified atom stereocenters. The summed E-state index contributed by atoms with van der Waals surface area (Å²) in [6, 6.07) is 3.25. The van der Waals surface area contributed by atoms with Gasteiger partial charge in [-0.3, -0.25) is 0 Å². The Hall–Kier alpha value is -2.57. The Morgan fingerprint density at radius 1 is 1.10 bits per heavy atom. The van der Waals surface area contributed by atoms with Crippen LogP contribution < -0.4 is 5.32 Å². The molecule has 2 aromatic carbocycles. The van der Waals surface area contributed by atoms with E-state index in [4.69, 9.17) is 0 Å². The van der Waals surface area contributed by atoms with Crippen LogP contribution >= 0.6 is 12.4 Å². The molecule has 2 N–H and O–H groups in total. The van der Waals surface area contributed by atoms with E-state index in [2.05, 4.69) is 5.32 Å². The number of benzene rings is 2. The van der Waals surface area contributed by atoms with Gasteiger partial charge < -0.3 is 20.2 Å². The highest BCUT2D eigenvalue weighted by Crippen LogP contribution is 2.44. The van der Waals surface area contributed by atoms with Crippen molar-refractivity contribution in [3.8, 4) is 0 Å². The van der Waals surface area contributed by atoms with E-state index in [1.54, 1.807) is 17.9 Å². The molecule has 1 spiro atoms. The van der Waals surface area contributed by atoms with E-state index in [1.165, 1.54) is 26.1 Å². The summed E-state index contributed by atoms with van der Waals surface area (Å²) in [5.41, 5.74) is -2.26. The summed E-state index contributed by atoms with van der Waals surface area (Å²) in [5, 5.41) is 13.1. The maximum absolute atomic E-state index is 13.9. The van der Waals surface area contributed by atoms with Crippen molar-refractivity contribution in [1.82, 2.24) is 15.1 Å². The van der Waals surface area contributed by atoms with E-state index >= 15 is 0 Å².